The molecule has 1 nitrogen and oxygen atoms in total. The summed E-state index contributed by atoms with van der Waals surface area (Å²) in [4.78, 5) is 0. The molecule has 1 atom stereocenters. The number of benzene rings is 1. The van der Waals surface area contributed by atoms with Gasteiger partial charge in [0.15, 0.2) is 0 Å². The molecule has 0 aliphatic heterocycles. The van der Waals surface area contributed by atoms with Crippen molar-refractivity contribution in [2.24, 2.45) is 5.92 Å². The lowest BCUT2D eigenvalue weighted by atomic mass is 9.95. The molecule has 1 aromatic rings. The molecular formula is C17H29N. The van der Waals surface area contributed by atoms with Gasteiger partial charge in [0.2, 0.25) is 0 Å². The van der Waals surface area contributed by atoms with Crippen LogP contribution in [-0.2, 0) is 6.54 Å². The summed E-state index contributed by atoms with van der Waals surface area (Å²) in [5.74, 6) is 0.789. The van der Waals surface area contributed by atoms with Crippen LogP contribution in [0.1, 0.15) is 55.9 Å². The molecule has 1 unspecified atom stereocenters. The van der Waals surface area contributed by atoms with Crippen LogP contribution in [0, 0.1) is 26.7 Å². The molecule has 0 heterocycles. The van der Waals surface area contributed by atoms with Gasteiger partial charge in [-0.2, -0.15) is 0 Å². The summed E-state index contributed by atoms with van der Waals surface area (Å²) in [5.41, 5.74) is 5.63. The molecule has 0 aliphatic rings. The van der Waals surface area contributed by atoms with Gasteiger partial charge in [0.1, 0.15) is 0 Å². The monoisotopic (exact) mass is 247 g/mol. The predicted molar refractivity (Wildman–Crippen MR) is 81.0 cm³/mol. The second kappa shape index (κ2) is 6.94. The molecule has 0 aromatic heterocycles. The molecule has 18 heavy (non-hydrogen) atoms. The first-order chi connectivity index (χ1) is 8.49. The fraction of sp³-hybridized carbons (Fsp3) is 0.647. The summed E-state index contributed by atoms with van der Waals surface area (Å²) in [5, 5.41) is 3.69. The van der Waals surface area contributed by atoms with Gasteiger partial charge in [-0.05, 0) is 55.9 Å². The Hall–Kier alpha value is -0.820. The minimum atomic E-state index is 0.598. The van der Waals surface area contributed by atoms with Crippen LogP contribution in [0.5, 0.6) is 0 Å². The van der Waals surface area contributed by atoms with Crippen LogP contribution in [0.3, 0.4) is 0 Å². The summed E-state index contributed by atoms with van der Waals surface area (Å²) in [6.07, 6.45) is 2.52. The molecule has 0 aliphatic carbocycles. The van der Waals surface area contributed by atoms with Gasteiger partial charge in [0, 0.05) is 12.6 Å². The van der Waals surface area contributed by atoms with Crippen LogP contribution in [-0.4, -0.2) is 6.04 Å². The predicted octanol–water partition coefficient (Wildman–Crippen LogP) is 4.53. The summed E-state index contributed by atoms with van der Waals surface area (Å²) >= 11 is 0. The highest BCUT2D eigenvalue weighted by Gasteiger charge is 2.13. The van der Waals surface area contributed by atoms with Crippen molar-refractivity contribution in [3.05, 3.63) is 34.4 Å². The first kappa shape index (κ1) is 15.2. The Bertz CT molecular complexity index is 377. The van der Waals surface area contributed by atoms with Gasteiger partial charge >= 0.3 is 0 Å². The van der Waals surface area contributed by atoms with E-state index in [9.17, 15) is 0 Å². The Morgan fingerprint density at radius 3 is 2.06 bits per heavy atom. The number of rotatable bonds is 6. The molecule has 1 rings (SSSR count). The minimum Gasteiger partial charge on any atom is -0.310 e. The standard InChI is InChI=1S/C17H29N/c1-7-16(8-2)15(6)18-11-17-10-13(4)12(3)9-14(17)5/h9-10,15-16,18H,7-8,11H2,1-6H3. The van der Waals surface area contributed by atoms with Crippen LogP contribution in [0.2, 0.25) is 0 Å². The lowest BCUT2D eigenvalue weighted by Gasteiger charge is -2.23. The fourth-order valence-corrected chi connectivity index (χ4v) is 2.64. The van der Waals surface area contributed by atoms with E-state index in [1.807, 2.05) is 0 Å². The zero-order valence-corrected chi connectivity index (χ0v) is 12.9. The SMILES string of the molecule is CCC(CC)C(C)NCc1cc(C)c(C)cc1C. The van der Waals surface area contributed by atoms with E-state index in [0.717, 1.165) is 12.5 Å². The molecule has 1 aromatic carbocycles. The van der Waals surface area contributed by atoms with Crippen LogP contribution in [0.15, 0.2) is 12.1 Å². The van der Waals surface area contributed by atoms with Crippen molar-refractivity contribution in [1.82, 2.24) is 5.32 Å². The van der Waals surface area contributed by atoms with Crippen LogP contribution in [0.25, 0.3) is 0 Å². The van der Waals surface area contributed by atoms with Crippen LogP contribution >= 0.6 is 0 Å². The first-order valence-corrected chi connectivity index (χ1v) is 7.29. The molecule has 0 saturated heterocycles. The highest BCUT2D eigenvalue weighted by molar-refractivity contribution is 5.36. The molecular weight excluding hydrogens is 218 g/mol. The maximum atomic E-state index is 3.69. The highest BCUT2D eigenvalue weighted by Crippen LogP contribution is 2.17. The zero-order chi connectivity index (χ0) is 13.7. The van der Waals surface area contributed by atoms with Crippen molar-refractivity contribution < 1.29 is 0 Å². The summed E-state index contributed by atoms with van der Waals surface area (Å²) in [6.45, 7) is 14.5. The van der Waals surface area contributed by atoms with Crippen molar-refractivity contribution in [2.45, 2.75) is 67.0 Å². The van der Waals surface area contributed by atoms with Gasteiger partial charge in [0.25, 0.3) is 0 Å². The van der Waals surface area contributed by atoms with E-state index >= 15 is 0 Å². The normalized spacial score (nSPS) is 13.1. The maximum absolute atomic E-state index is 3.69. The first-order valence-electron chi connectivity index (χ1n) is 7.29. The van der Waals surface area contributed by atoms with Gasteiger partial charge in [-0.15, -0.1) is 0 Å². The molecule has 0 bridgehead atoms. The molecule has 1 heteroatoms. The maximum Gasteiger partial charge on any atom is 0.0210 e. The Balaban J connectivity index is 2.66. The Morgan fingerprint density at radius 2 is 1.50 bits per heavy atom. The van der Waals surface area contributed by atoms with E-state index in [2.05, 4.69) is 59.0 Å². The summed E-state index contributed by atoms with van der Waals surface area (Å²) in [6, 6.07) is 5.23. The van der Waals surface area contributed by atoms with E-state index in [1.54, 1.807) is 0 Å². The van der Waals surface area contributed by atoms with E-state index in [1.165, 1.54) is 35.1 Å². The van der Waals surface area contributed by atoms with Crippen molar-refractivity contribution in [3.63, 3.8) is 0 Å². The fourth-order valence-electron chi connectivity index (χ4n) is 2.64. The molecule has 0 fully saturated rings. The number of nitrogens with one attached hydrogen (secondary N) is 1. The van der Waals surface area contributed by atoms with Gasteiger partial charge in [-0.25, -0.2) is 0 Å². The van der Waals surface area contributed by atoms with Gasteiger partial charge in [-0.3, -0.25) is 0 Å². The summed E-state index contributed by atoms with van der Waals surface area (Å²) in [7, 11) is 0. The highest BCUT2D eigenvalue weighted by atomic mass is 14.9. The van der Waals surface area contributed by atoms with Crippen molar-refractivity contribution in [3.8, 4) is 0 Å². The summed E-state index contributed by atoms with van der Waals surface area (Å²) < 4.78 is 0. The van der Waals surface area contributed by atoms with E-state index in [4.69, 9.17) is 0 Å². The van der Waals surface area contributed by atoms with Gasteiger partial charge < -0.3 is 5.32 Å². The molecule has 102 valence electrons. The van der Waals surface area contributed by atoms with Crippen molar-refractivity contribution >= 4 is 0 Å². The van der Waals surface area contributed by atoms with Crippen molar-refractivity contribution in [1.29, 1.82) is 0 Å². The lowest BCUT2D eigenvalue weighted by Crippen LogP contribution is -2.32. The van der Waals surface area contributed by atoms with Gasteiger partial charge in [0.05, 0.1) is 0 Å². The lowest BCUT2D eigenvalue weighted by molar-refractivity contribution is 0.353. The Kier molecular flexibility index (Phi) is 5.87. The second-order valence-electron chi connectivity index (χ2n) is 5.61. The zero-order valence-electron chi connectivity index (χ0n) is 12.9. The number of hydrogen-bond acceptors (Lipinski definition) is 1. The smallest absolute Gasteiger partial charge is 0.0210 e. The largest absolute Gasteiger partial charge is 0.310 e. The molecule has 0 radical (unpaired) electrons. The topological polar surface area (TPSA) is 12.0 Å². The average Bonchev–Trinajstić information content (AvgIpc) is 2.33. The van der Waals surface area contributed by atoms with E-state index < -0.39 is 0 Å². The third-order valence-electron chi connectivity index (χ3n) is 4.32. The second-order valence-corrected chi connectivity index (χ2v) is 5.61. The average molecular weight is 247 g/mol. The third kappa shape index (κ3) is 3.84. The molecule has 0 saturated carbocycles. The number of hydrogen-bond donors (Lipinski definition) is 1. The molecule has 1 N–H and O–H groups in total. The van der Waals surface area contributed by atoms with Crippen LogP contribution < -0.4 is 5.32 Å². The Labute approximate surface area is 113 Å². The number of aryl methyl sites for hydroxylation is 3. The third-order valence-corrected chi connectivity index (χ3v) is 4.32. The molecule has 0 spiro atoms. The minimum absolute atomic E-state index is 0.598. The van der Waals surface area contributed by atoms with E-state index in [0.29, 0.717) is 6.04 Å². The van der Waals surface area contributed by atoms with Gasteiger partial charge in [-0.1, -0.05) is 38.8 Å². The van der Waals surface area contributed by atoms with Crippen molar-refractivity contribution in [2.75, 3.05) is 0 Å². The van der Waals surface area contributed by atoms with Crippen LogP contribution in [0.4, 0.5) is 0 Å². The quantitative estimate of drug-likeness (QED) is 0.779. The Morgan fingerprint density at radius 1 is 0.944 bits per heavy atom. The molecule has 0 amide bonds. The van der Waals surface area contributed by atoms with E-state index in [-0.39, 0.29) is 0 Å².